The van der Waals surface area contributed by atoms with Crippen molar-refractivity contribution >= 4 is 51.7 Å². The number of aryl methyl sites for hydroxylation is 2. The van der Waals surface area contributed by atoms with E-state index in [0.29, 0.717) is 21.6 Å². The van der Waals surface area contributed by atoms with Crippen LogP contribution in [0.4, 0.5) is 5.69 Å². The molecule has 0 radical (unpaired) electrons. The Hall–Kier alpha value is -3.32. The van der Waals surface area contributed by atoms with Crippen LogP contribution in [-0.2, 0) is 13.0 Å². The maximum Gasteiger partial charge on any atom is 0.163 e. The molecule has 0 bridgehead atoms. The van der Waals surface area contributed by atoms with E-state index in [-0.39, 0.29) is 0 Å². The van der Waals surface area contributed by atoms with E-state index in [1.54, 1.807) is 6.07 Å². The molecule has 0 atom stereocenters. The predicted molar refractivity (Wildman–Crippen MR) is 160 cm³/mol. The second-order valence-electron chi connectivity index (χ2n) is 9.27. The van der Waals surface area contributed by atoms with Crippen molar-refractivity contribution in [2.45, 2.75) is 32.7 Å². The number of hydrogen-bond acceptors (Lipinski definition) is 3. The molecule has 0 saturated carbocycles. The van der Waals surface area contributed by atoms with Gasteiger partial charge in [-0.15, -0.1) is 5.10 Å². The van der Waals surface area contributed by atoms with Crippen LogP contribution in [0.5, 0.6) is 5.75 Å². The van der Waals surface area contributed by atoms with E-state index in [0.717, 1.165) is 71.1 Å². The summed E-state index contributed by atoms with van der Waals surface area (Å²) < 4.78 is 9.99. The van der Waals surface area contributed by atoms with E-state index < -0.39 is 0 Å². The molecular weight excluding hydrogens is 535 g/mol. The zero-order chi connectivity index (χ0) is 26.2. The van der Waals surface area contributed by atoms with Gasteiger partial charge in [0.05, 0.1) is 11.6 Å². The first kappa shape index (κ1) is 25.0. The van der Waals surface area contributed by atoms with Gasteiger partial charge in [-0.25, -0.2) is 4.52 Å². The topological polar surface area (TPSA) is 43.5 Å². The Kier molecular flexibility index (Phi) is 6.87. The Bertz CT molecular complexity index is 1640. The van der Waals surface area contributed by atoms with Crippen LogP contribution in [0.25, 0.3) is 28.2 Å². The highest BCUT2D eigenvalue weighted by Crippen LogP contribution is 2.40. The third kappa shape index (κ3) is 4.47. The summed E-state index contributed by atoms with van der Waals surface area (Å²) in [6.45, 7) is 3.46. The van der Waals surface area contributed by atoms with Crippen molar-refractivity contribution in [1.29, 1.82) is 0 Å². The molecule has 1 aliphatic rings. The summed E-state index contributed by atoms with van der Waals surface area (Å²) in [6, 6.07) is 23.8. The van der Waals surface area contributed by atoms with Gasteiger partial charge in [-0.2, -0.15) is 0 Å². The minimum Gasteiger partial charge on any atom is -0.494 e. The number of hydrogen-bond donors (Lipinski definition) is 1. The highest BCUT2D eigenvalue weighted by Gasteiger charge is 2.30. The quantitative estimate of drug-likeness (QED) is 0.212. The Morgan fingerprint density at radius 1 is 1.03 bits per heavy atom. The van der Waals surface area contributed by atoms with Crippen LogP contribution in [0.1, 0.15) is 31.0 Å². The molecule has 6 rings (SSSR count). The molecule has 5 aromatic rings. The number of nitrogens with zero attached hydrogens (tertiary/aromatic N) is 3. The Morgan fingerprint density at radius 3 is 2.55 bits per heavy atom. The summed E-state index contributed by atoms with van der Waals surface area (Å²) in [5.74, 6) is 1.66. The number of anilines is 1. The molecule has 0 fully saturated rings. The lowest BCUT2D eigenvalue weighted by molar-refractivity contribution is 0.340. The van der Waals surface area contributed by atoms with Crippen LogP contribution in [0.15, 0.2) is 72.8 Å². The second kappa shape index (κ2) is 10.4. The lowest BCUT2D eigenvalue weighted by atomic mass is 9.98. The summed E-state index contributed by atoms with van der Waals surface area (Å²) in [5.41, 5.74) is 7.13. The van der Waals surface area contributed by atoms with Gasteiger partial charge in [0.15, 0.2) is 5.82 Å². The van der Waals surface area contributed by atoms with Gasteiger partial charge in [-0.3, -0.25) is 0 Å². The summed E-state index contributed by atoms with van der Waals surface area (Å²) in [6.07, 6.45) is 3.04. The Labute approximate surface area is 237 Å². The van der Waals surface area contributed by atoms with E-state index in [4.69, 9.17) is 45.3 Å². The summed E-state index contributed by atoms with van der Waals surface area (Å²) >= 11 is 18.9. The predicted octanol–water partition coefficient (Wildman–Crippen LogP) is 8.30. The maximum atomic E-state index is 6.67. The van der Waals surface area contributed by atoms with Gasteiger partial charge >= 0.3 is 0 Å². The average Bonchev–Trinajstić information content (AvgIpc) is 3.32. The van der Waals surface area contributed by atoms with E-state index in [1.165, 1.54) is 5.56 Å². The summed E-state index contributed by atoms with van der Waals surface area (Å²) in [4.78, 5) is 0.611. The number of nitrogens with one attached hydrogen (secondary N) is 1. The molecule has 0 saturated heterocycles. The van der Waals surface area contributed by atoms with Crippen LogP contribution < -0.4 is 10.1 Å². The third-order valence-electron chi connectivity index (χ3n) is 6.86. The lowest BCUT2D eigenvalue weighted by Gasteiger charge is -2.12. The number of benzene rings is 3. The zero-order valence-electron chi connectivity index (χ0n) is 20.9. The van der Waals surface area contributed by atoms with Gasteiger partial charge in [0.2, 0.25) is 0 Å². The molecule has 1 N–H and O–H groups in total. The van der Waals surface area contributed by atoms with Gasteiger partial charge in [-0.1, -0.05) is 65.8 Å². The average molecular weight is 562 g/mol. The number of halogens is 2. The van der Waals surface area contributed by atoms with E-state index in [9.17, 15) is 0 Å². The molecule has 38 heavy (non-hydrogen) atoms. The van der Waals surface area contributed by atoms with Crippen LogP contribution in [0.2, 0.25) is 10.0 Å². The number of rotatable bonds is 6. The van der Waals surface area contributed by atoms with Crippen LogP contribution in [-0.4, -0.2) is 25.8 Å². The molecule has 1 aliphatic heterocycles. The van der Waals surface area contributed by atoms with Gasteiger partial charge in [0.25, 0.3) is 0 Å². The van der Waals surface area contributed by atoms with E-state index in [2.05, 4.69) is 22.0 Å². The fourth-order valence-corrected chi connectivity index (χ4v) is 6.02. The van der Waals surface area contributed by atoms with Gasteiger partial charge < -0.3 is 14.6 Å². The van der Waals surface area contributed by atoms with Crippen molar-refractivity contribution in [2.24, 2.45) is 0 Å². The van der Waals surface area contributed by atoms with Gasteiger partial charge in [0, 0.05) is 33.9 Å². The highest BCUT2D eigenvalue weighted by molar-refractivity contribution is 7.81. The summed E-state index contributed by atoms with van der Waals surface area (Å²) in [7, 11) is 0. The van der Waals surface area contributed by atoms with Crippen molar-refractivity contribution in [3.63, 3.8) is 0 Å². The SMILES string of the molecule is CCOc1ccc(-c2c3c4n(c(-c5ccc(Cl)cc5Cl)nn4c2C(=S)Nc2ccccc2)CCCC3)cc1. The maximum absolute atomic E-state index is 6.67. The normalized spacial score (nSPS) is 12.9. The Balaban J connectivity index is 1.60. The molecule has 3 aromatic carbocycles. The molecule has 2 aromatic heterocycles. The molecule has 0 spiro atoms. The molecule has 0 amide bonds. The van der Waals surface area contributed by atoms with E-state index >= 15 is 0 Å². The number of thiocarbonyl (C=S) groups is 1. The monoisotopic (exact) mass is 560 g/mol. The minimum absolute atomic E-state index is 0.575. The molecule has 0 unspecified atom stereocenters. The molecule has 0 aliphatic carbocycles. The Morgan fingerprint density at radius 2 is 1.82 bits per heavy atom. The van der Waals surface area contributed by atoms with Crippen LogP contribution in [0.3, 0.4) is 0 Å². The highest BCUT2D eigenvalue weighted by atomic mass is 35.5. The first-order valence-electron chi connectivity index (χ1n) is 12.7. The van der Waals surface area contributed by atoms with Crippen molar-refractivity contribution in [3.05, 3.63) is 94.1 Å². The van der Waals surface area contributed by atoms with Gasteiger partial charge in [-0.05, 0) is 74.2 Å². The lowest BCUT2D eigenvalue weighted by Crippen LogP contribution is -2.14. The fourth-order valence-electron chi connectivity index (χ4n) is 5.23. The third-order valence-corrected chi connectivity index (χ3v) is 7.70. The fraction of sp³-hybridized carbons (Fsp3) is 0.200. The number of para-hydroxylation sites is 1. The first-order chi connectivity index (χ1) is 18.5. The van der Waals surface area contributed by atoms with E-state index in [1.807, 2.05) is 66.0 Å². The first-order valence-corrected chi connectivity index (χ1v) is 13.9. The van der Waals surface area contributed by atoms with Crippen molar-refractivity contribution in [3.8, 4) is 28.3 Å². The molecule has 8 heteroatoms. The van der Waals surface area contributed by atoms with Crippen LogP contribution in [0, 0.1) is 0 Å². The standard InChI is InChI=1S/C30H26Cl2N4OS/c1-2-37-22-14-11-19(12-15-22)26-24-10-6-7-17-35-28(23-16-13-20(31)18-25(23)32)34-36(30(24)35)27(26)29(38)33-21-8-4-3-5-9-21/h3-5,8-9,11-16,18H,2,6-7,10,17H2,1H3,(H,33,38). The number of aromatic nitrogens is 3. The second-order valence-corrected chi connectivity index (χ2v) is 10.5. The minimum atomic E-state index is 0.575. The van der Waals surface area contributed by atoms with Crippen LogP contribution >= 0.6 is 35.4 Å². The number of ether oxygens (including phenoxy) is 1. The molecule has 192 valence electrons. The molecule has 5 nitrogen and oxygen atoms in total. The summed E-state index contributed by atoms with van der Waals surface area (Å²) in [5, 5.41) is 9.76. The van der Waals surface area contributed by atoms with Crippen molar-refractivity contribution < 1.29 is 4.74 Å². The zero-order valence-corrected chi connectivity index (χ0v) is 23.2. The molecule has 3 heterocycles. The molecular formula is C30H26Cl2N4OS. The van der Waals surface area contributed by atoms with Crippen molar-refractivity contribution in [2.75, 3.05) is 11.9 Å². The van der Waals surface area contributed by atoms with Crippen molar-refractivity contribution in [1.82, 2.24) is 14.2 Å². The van der Waals surface area contributed by atoms with Gasteiger partial charge in [0.1, 0.15) is 22.1 Å². The largest absolute Gasteiger partial charge is 0.494 e. The smallest absolute Gasteiger partial charge is 0.163 e.